The molecule has 0 aliphatic heterocycles. The largest absolute Gasteiger partial charge is 0.490 e. The number of rotatable bonds is 6. The van der Waals surface area contributed by atoms with Crippen LogP contribution in [-0.4, -0.2) is 37.2 Å². The fraction of sp³-hybridized carbons (Fsp3) is 0.294. The maximum atomic E-state index is 12.1. The predicted molar refractivity (Wildman–Crippen MR) is 88.8 cm³/mol. The fourth-order valence-corrected chi connectivity index (χ4v) is 2.47. The standard InChI is InChI=1S/C17H18ClNO5/c1-10-14(16(20)22-3)11(2)19-15(10)17(21)24-8-7-23-13-6-4-5-12(18)9-13/h4-6,9,19H,7-8H2,1-3H3. The van der Waals surface area contributed by atoms with Crippen molar-refractivity contribution in [2.24, 2.45) is 0 Å². The Morgan fingerprint density at radius 3 is 2.58 bits per heavy atom. The van der Waals surface area contributed by atoms with Crippen molar-refractivity contribution in [2.75, 3.05) is 20.3 Å². The van der Waals surface area contributed by atoms with Crippen LogP contribution >= 0.6 is 11.6 Å². The Labute approximate surface area is 144 Å². The molecule has 0 bridgehead atoms. The SMILES string of the molecule is COC(=O)c1c(C)[nH]c(C(=O)OCCOc2cccc(Cl)c2)c1C. The van der Waals surface area contributed by atoms with Gasteiger partial charge in [-0.25, -0.2) is 9.59 Å². The van der Waals surface area contributed by atoms with Gasteiger partial charge in [-0.1, -0.05) is 17.7 Å². The number of aromatic nitrogens is 1. The smallest absolute Gasteiger partial charge is 0.355 e. The van der Waals surface area contributed by atoms with Gasteiger partial charge in [0, 0.05) is 10.7 Å². The lowest BCUT2D eigenvalue weighted by atomic mass is 10.1. The van der Waals surface area contributed by atoms with E-state index in [-0.39, 0.29) is 18.9 Å². The summed E-state index contributed by atoms with van der Waals surface area (Å²) < 4.78 is 15.3. The zero-order chi connectivity index (χ0) is 17.7. The number of halogens is 1. The van der Waals surface area contributed by atoms with E-state index in [9.17, 15) is 9.59 Å². The highest BCUT2D eigenvalue weighted by Crippen LogP contribution is 2.20. The van der Waals surface area contributed by atoms with Crippen molar-refractivity contribution in [3.05, 3.63) is 51.8 Å². The number of carbonyl (C=O) groups excluding carboxylic acids is 2. The molecular weight excluding hydrogens is 334 g/mol. The van der Waals surface area contributed by atoms with E-state index in [1.54, 1.807) is 38.1 Å². The minimum atomic E-state index is -0.555. The summed E-state index contributed by atoms with van der Waals surface area (Å²) >= 11 is 5.85. The normalized spacial score (nSPS) is 10.3. The third-order valence-corrected chi connectivity index (χ3v) is 3.65. The molecule has 0 aliphatic carbocycles. The predicted octanol–water partition coefficient (Wildman–Crippen LogP) is 3.31. The van der Waals surface area contributed by atoms with E-state index in [1.165, 1.54) is 7.11 Å². The number of methoxy groups -OCH3 is 1. The van der Waals surface area contributed by atoms with Crippen molar-refractivity contribution >= 4 is 23.5 Å². The Hall–Kier alpha value is -2.47. The molecule has 0 spiro atoms. The first-order valence-electron chi connectivity index (χ1n) is 7.27. The Morgan fingerprint density at radius 1 is 1.17 bits per heavy atom. The summed E-state index contributed by atoms with van der Waals surface area (Å²) in [5.41, 5.74) is 1.64. The Balaban J connectivity index is 1.92. The number of hydrogen-bond donors (Lipinski definition) is 1. The molecule has 2 aromatic rings. The van der Waals surface area contributed by atoms with E-state index in [0.29, 0.717) is 27.6 Å². The molecule has 1 heterocycles. The molecular formula is C17H18ClNO5. The van der Waals surface area contributed by atoms with Gasteiger partial charge in [0.05, 0.1) is 12.7 Å². The van der Waals surface area contributed by atoms with Gasteiger partial charge >= 0.3 is 11.9 Å². The van der Waals surface area contributed by atoms with Gasteiger partial charge in [0.2, 0.25) is 0 Å². The summed E-state index contributed by atoms with van der Waals surface area (Å²) in [5.74, 6) is -0.455. The summed E-state index contributed by atoms with van der Waals surface area (Å²) in [4.78, 5) is 26.7. The summed E-state index contributed by atoms with van der Waals surface area (Å²) in [5, 5.41) is 0.567. The first kappa shape index (κ1) is 17.9. The fourth-order valence-electron chi connectivity index (χ4n) is 2.29. The van der Waals surface area contributed by atoms with Gasteiger partial charge in [0.25, 0.3) is 0 Å². The van der Waals surface area contributed by atoms with E-state index in [4.69, 9.17) is 25.8 Å². The van der Waals surface area contributed by atoms with E-state index in [0.717, 1.165) is 0 Å². The highest BCUT2D eigenvalue weighted by molar-refractivity contribution is 6.30. The van der Waals surface area contributed by atoms with Crippen LogP contribution in [-0.2, 0) is 9.47 Å². The number of ether oxygens (including phenoxy) is 3. The van der Waals surface area contributed by atoms with Crippen LogP contribution in [0.1, 0.15) is 32.1 Å². The topological polar surface area (TPSA) is 77.6 Å². The van der Waals surface area contributed by atoms with Crippen LogP contribution in [0.5, 0.6) is 5.75 Å². The van der Waals surface area contributed by atoms with Gasteiger partial charge in [-0.2, -0.15) is 0 Å². The lowest BCUT2D eigenvalue weighted by Gasteiger charge is -2.07. The summed E-state index contributed by atoms with van der Waals surface area (Å²) in [6, 6.07) is 6.94. The molecule has 0 fully saturated rings. The molecule has 0 radical (unpaired) electrons. The molecule has 0 amide bonds. The number of benzene rings is 1. The van der Waals surface area contributed by atoms with Crippen LogP contribution in [0.25, 0.3) is 0 Å². The molecule has 24 heavy (non-hydrogen) atoms. The third kappa shape index (κ3) is 4.08. The number of esters is 2. The second kappa shape index (κ2) is 7.88. The molecule has 0 atom stereocenters. The van der Waals surface area contributed by atoms with Crippen molar-refractivity contribution < 1.29 is 23.8 Å². The van der Waals surface area contributed by atoms with Crippen LogP contribution in [0.15, 0.2) is 24.3 Å². The lowest BCUT2D eigenvalue weighted by molar-refractivity contribution is 0.0443. The van der Waals surface area contributed by atoms with Crippen LogP contribution in [0.4, 0.5) is 0 Å². The Kier molecular flexibility index (Phi) is 5.87. The second-order valence-electron chi connectivity index (χ2n) is 5.06. The number of nitrogens with one attached hydrogen (secondary N) is 1. The number of H-pyrrole nitrogens is 1. The number of carbonyl (C=O) groups is 2. The quantitative estimate of drug-likeness (QED) is 0.638. The van der Waals surface area contributed by atoms with E-state index in [2.05, 4.69) is 4.98 Å². The van der Waals surface area contributed by atoms with Crippen molar-refractivity contribution in [1.29, 1.82) is 0 Å². The van der Waals surface area contributed by atoms with Gasteiger partial charge in [-0.05, 0) is 37.6 Å². The highest BCUT2D eigenvalue weighted by atomic mass is 35.5. The average Bonchev–Trinajstić information content (AvgIpc) is 2.85. The lowest BCUT2D eigenvalue weighted by Crippen LogP contribution is -2.13. The van der Waals surface area contributed by atoms with Crippen molar-refractivity contribution in [2.45, 2.75) is 13.8 Å². The van der Waals surface area contributed by atoms with Crippen LogP contribution in [0.2, 0.25) is 5.02 Å². The molecule has 6 nitrogen and oxygen atoms in total. The average molecular weight is 352 g/mol. The van der Waals surface area contributed by atoms with Gasteiger partial charge in [0.15, 0.2) is 0 Å². The number of hydrogen-bond acceptors (Lipinski definition) is 5. The molecule has 0 saturated carbocycles. The minimum Gasteiger partial charge on any atom is -0.490 e. The summed E-state index contributed by atoms with van der Waals surface area (Å²) in [6.45, 7) is 3.61. The molecule has 2 rings (SSSR count). The summed E-state index contributed by atoms with van der Waals surface area (Å²) in [6.07, 6.45) is 0. The van der Waals surface area contributed by atoms with Crippen LogP contribution in [0, 0.1) is 13.8 Å². The zero-order valence-corrected chi connectivity index (χ0v) is 14.4. The van der Waals surface area contributed by atoms with Crippen molar-refractivity contribution in [3.8, 4) is 5.75 Å². The second-order valence-corrected chi connectivity index (χ2v) is 5.49. The van der Waals surface area contributed by atoms with E-state index in [1.807, 2.05) is 0 Å². The molecule has 7 heteroatoms. The molecule has 1 N–H and O–H groups in total. The molecule has 0 saturated heterocycles. The third-order valence-electron chi connectivity index (χ3n) is 3.41. The van der Waals surface area contributed by atoms with Gasteiger partial charge in [-0.15, -0.1) is 0 Å². The number of aromatic amines is 1. The maximum Gasteiger partial charge on any atom is 0.355 e. The Morgan fingerprint density at radius 2 is 1.92 bits per heavy atom. The molecule has 0 unspecified atom stereocenters. The van der Waals surface area contributed by atoms with Crippen molar-refractivity contribution in [3.63, 3.8) is 0 Å². The van der Waals surface area contributed by atoms with Gasteiger partial charge in [0.1, 0.15) is 24.7 Å². The van der Waals surface area contributed by atoms with Crippen LogP contribution < -0.4 is 4.74 Å². The van der Waals surface area contributed by atoms with Gasteiger partial charge in [-0.3, -0.25) is 0 Å². The van der Waals surface area contributed by atoms with E-state index >= 15 is 0 Å². The Bertz CT molecular complexity index is 753. The number of aryl methyl sites for hydroxylation is 1. The molecule has 1 aromatic heterocycles. The molecule has 128 valence electrons. The maximum absolute atomic E-state index is 12.1. The molecule has 0 aliphatic rings. The first-order valence-corrected chi connectivity index (χ1v) is 7.64. The highest BCUT2D eigenvalue weighted by Gasteiger charge is 2.23. The molecule has 1 aromatic carbocycles. The zero-order valence-electron chi connectivity index (χ0n) is 13.6. The minimum absolute atomic E-state index is 0.0659. The summed E-state index contributed by atoms with van der Waals surface area (Å²) in [7, 11) is 1.29. The first-order chi connectivity index (χ1) is 11.4. The van der Waals surface area contributed by atoms with E-state index < -0.39 is 11.9 Å². The van der Waals surface area contributed by atoms with Crippen molar-refractivity contribution in [1.82, 2.24) is 4.98 Å². The van der Waals surface area contributed by atoms with Gasteiger partial charge < -0.3 is 19.2 Å². The van der Waals surface area contributed by atoms with Crippen LogP contribution in [0.3, 0.4) is 0 Å². The monoisotopic (exact) mass is 351 g/mol.